The lowest BCUT2D eigenvalue weighted by atomic mass is 10.1. The van der Waals surface area contributed by atoms with Crippen LogP contribution in [-0.2, 0) is 13.6 Å². The van der Waals surface area contributed by atoms with Crippen LogP contribution in [0.25, 0.3) is 44.9 Å². The van der Waals surface area contributed by atoms with Gasteiger partial charge >= 0.3 is 0 Å². The average Bonchev–Trinajstić information content (AvgIpc) is 3.04. The van der Waals surface area contributed by atoms with Gasteiger partial charge in [0.1, 0.15) is 6.54 Å². The molecule has 3 nitrogen and oxygen atoms in total. The highest BCUT2D eigenvalue weighted by molar-refractivity contribution is 6.09. The molecule has 0 atom stereocenters. The molecule has 0 bridgehead atoms. The molecule has 0 saturated carbocycles. The Morgan fingerprint density at radius 2 is 1.73 bits per heavy atom. The van der Waals surface area contributed by atoms with Crippen LogP contribution < -0.4 is 28.5 Å². The van der Waals surface area contributed by atoms with Gasteiger partial charge in [0.15, 0.2) is 6.20 Å². The van der Waals surface area contributed by atoms with Crippen LogP contribution in [0.5, 0.6) is 0 Å². The Kier molecular flexibility index (Phi) is 5.60. The molecule has 0 fully saturated rings. The Hall–Kier alpha value is -2.73. The van der Waals surface area contributed by atoms with E-state index in [0.29, 0.717) is 0 Å². The summed E-state index contributed by atoms with van der Waals surface area (Å²) in [4.78, 5) is 4.87. The van der Waals surface area contributed by atoms with E-state index in [1.54, 1.807) is 0 Å². The summed E-state index contributed by atoms with van der Waals surface area (Å²) >= 11 is 0. The molecule has 0 N–H and O–H groups in total. The molecule has 5 aromatic rings. The summed E-state index contributed by atoms with van der Waals surface area (Å²) in [5.74, 6) is 0. The van der Waals surface area contributed by atoms with Gasteiger partial charge < -0.3 is 28.5 Å². The molecule has 3 aromatic heterocycles. The molecule has 150 valence electrons. The lowest BCUT2D eigenvalue weighted by molar-refractivity contribution is -0.667. The zero-order chi connectivity index (χ0) is 20.0. The SMILES string of the molecule is CC[n+]1cccc2c(/C=C/c3cc4c5ccccc5n(C)c4c(C)n3)cccc21.[I-]. The van der Waals surface area contributed by atoms with Crippen LogP contribution in [0.1, 0.15) is 23.9 Å². The van der Waals surface area contributed by atoms with Crippen molar-refractivity contribution in [3.8, 4) is 0 Å². The molecule has 3 heterocycles. The van der Waals surface area contributed by atoms with E-state index in [2.05, 4.69) is 109 Å². The van der Waals surface area contributed by atoms with E-state index in [-0.39, 0.29) is 24.0 Å². The van der Waals surface area contributed by atoms with E-state index in [9.17, 15) is 0 Å². The van der Waals surface area contributed by atoms with Gasteiger partial charge in [-0.05, 0) is 43.7 Å². The maximum Gasteiger partial charge on any atom is 0.213 e. The molecule has 0 unspecified atom stereocenters. The van der Waals surface area contributed by atoms with E-state index in [0.717, 1.165) is 17.9 Å². The van der Waals surface area contributed by atoms with Crippen molar-refractivity contribution in [1.29, 1.82) is 0 Å². The molecular weight excluding hydrogens is 481 g/mol. The monoisotopic (exact) mass is 505 g/mol. The number of benzene rings is 2. The molecule has 0 saturated heterocycles. The first-order chi connectivity index (χ1) is 14.2. The number of hydrogen-bond acceptors (Lipinski definition) is 1. The van der Waals surface area contributed by atoms with E-state index in [1.165, 1.54) is 38.3 Å². The lowest BCUT2D eigenvalue weighted by Gasteiger charge is -2.04. The predicted molar refractivity (Wildman–Crippen MR) is 122 cm³/mol. The first-order valence-corrected chi connectivity index (χ1v) is 10.1. The Bertz CT molecular complexity index is 1410. The summed E-state index contributed by atoms with van der Waals surface area (Å²) in [5, 5.41) is 3.80. The lowest BCUT2D eigenvalue weighted by Crippen LogP contribution is -3.00. The zero-order valence-corrected chi connectivity index (χ0v) is 19.6. The molecule has 0 radical (unpaired) electrons. The van der Waals surface area contributed by atoms with Crippen molar-refractivity contribution in [2.75, 3.05) is 0 Å². The van der Waals surface area contributed by atoms with Crippen molar-refractivity contribution in [2.24, 2.45) is 7.05 Å². The fourth-order valence-electron chi connectivity index (χ4n) is 4.44. The third-order valence-electron chi connectivity index (χ3n) is 5.81. The predicted octanol–water partition coefficient (Wildman–Crippen LogP) is 2.67. The maximum atomic E-state index is 4.87. The molecule has 4 heteroatoms. The molecule has 30 heavy (non-hydrogen) atoms. The summed E-state index contributed by atoms with van der Waals surface area (Å²) in [6, 6.07) is 21.5. The Labute approximate surface area is 193 Å². The molecule has 0 aliphatic heterocycles. The normalized spacial score (nSPS) is 11.6. The van der Waals surface area contributed by atoms with Crippen molar-refractivity contribution in [3.05, 3.63) is 83.8 Å². The fraction of sp³-hybridized carbons (Fsp3) is 0.154. The van der Waals surface area contributed by atoms with Gasteiger partial charge in [-0.1, -0.05) is 36.4 Å². The highest BCUT2D eigenvalue weighted by Crippen LogP contribution is 2.30. The number of fused-ring (bicyclic) bond motifs is 4. The van der Waals surface area contributed by atoms with Gasteiger partial charge in [-0.3, -0.25) is 4.98 Å². The average molecular weight is 505 g/mol. The molecule has 0 amide bonds. The number of rotatable bonds is 3. The number of para-hydroxylation sites is 1. The molecule has 5 rings (SSSR count). The highest BCUT2D eigenvalue weighted by Gasteiger charge is 2.12. The van der Waals surface area contributed by atoms with Gasteiger partial charge in [0.05, 0.1) is 22.3 Å². The molecular formula is C26H24IN3. The van der Waals surface area contributed by atoms with E-state index >= 15 is 0 Å². The van der Waals surface area contributed by atoms with Crippen LogP contribution >= 0.6 is 0 Å². The number of halogens is 1. The Balaban J connectivity index is 0.00000218. The van der Waals surface area contributed by atoms with Crippen molar-refractivity contribution < 1.29 is 28.5 Å². The van der Waals surface area contributed by atoms with Crippen molar-refractivity contribution in [3.63, 3.8) is 0 Å². The van der Waals surface area contributed by atoms with Crippen LogP contribution in [0.15, 0.2) is 66.9 Å². The highest BCUT2D eigenvalue weighted by atomic mass is 127. The first kappa shape index (κ1) is 20.5. The van der Waals surface area contributed by atoms with Crippen LogP contribution in [0, 0.1) is 6.92 Å². The number of aromatic nitrogens is 3. The van der Waals surface area contributed by atoms with Gasteiger partial charge in [0.2, 0.25) is 5.52 Å². The third-order valence-corrected chi connectivity index (χ3v) is 5.81. The van der Waals surface area contributed by atoms with Gasteiger partial charge in [0.25, 0.3) is 0 Å². The van der Waals surface area contributed by atoms with E-state index in [1.807, 2.05) is 0 Å². The van der Waals surface area contributed by atoms with E-state index in [4.69, 9.17) is 4.98 Å². The van der Waals surface area contributed by atoms with Crippen LogP contribution in [0.2, 0.25) is 0 Å². The zero-order valence-electron chi connectivity index (χ0n) is 17.4. The van der Waals surface area contributed by atoms with E-state index < -0.39 is 0 Å². The molecule has 0 aliphatic carbocycles. The number of pyridine rings is 2. The smallest absolute Gasteiger partial charge is 0.213 e. The van der Waals surface area contributed by atoms with Crippen molar-refractivity contribution >= 4 is 44.9 Å². The summed E-state index contributed by atoms with van der Waals surface area (Å²) in [6.07, 6.45) is 6.45. The third kappa shape index (κ3) is 3.29. The van der Waals surface area contributed by atoms with Crippen molar-refractivity contribution in [1.82, 2.24) is 9.55 Å². The second kappa shape index (κ2) is 8.19. The largest absolute Gasteiger partial charge is 1.00 e. The summed E-state index contributed by atoms with van der Waals surface area (Å²) in [7, 11) is 2.12. The summed E-state index contributed by atoms with van der Waals surface area (Å²) in [5.41, 5.74) is 6.96. The minimum Gasteiger partial charge on any atom is -1.00 e. The summed E-state index contributed by atoms with van der Waals surface area (Å²) in [6.45, 7) is 5.23. The number of hydrogen-bond donors (Lipinski definition) is 0. The molecule has 2 aromatic carbocycles. The molecule has 0 aliphatic rings. The van der Waals surface area contributed by atoms with Crippen LogP contribution in [0.3, 0.4) is 0 Å². The maximum absolute atomic E-state index is 4.87. The van der Waals surface area contributed by atoms with Gasteiger partial charge in [-0.15, -0.1) is 0 Å². The molecule has 0 spiro atoms. The quantitative estimate of drug-likeness (QED) is 0.273. The minimum atomic E-state index is 0. The number of aryl methyl sites for hydroxylation is 3. The Morgan fingerprint density at radius 3 is 2.57 bits per heavy atom. The Morgan fingerprint density at radius 1 is 0.933 bits per heavy atom. The van der Waals surface area contributed by atoms with Crippen LogP contribution in [-0.4, -0.2) is 9.55 Å². The minimum absolute atomic E-state index is 0. The first-order valence-electron chi connectivity index (χ1n) is 10.1. The van der Waals surface area contributed by atoms with Gasteiger partial charge in [0, 0.05) is 35.5 Å². The summed E-state index contributed by atoms with van der Waals surface area (Å²) < 4.78 is 4.52. The van der Waals surface area contributed by atoms with Crippen LogP contribution in [0.4, 0.5) is 0 Å². The van der Waals surface area contributed by atoms with Gasteiger partial charge in [-0.2, -0.15) is 4.57 Å². The second-order valence-corrected chi connectivity index (χ2v) is 7.51. The standard InChI is InChI=1S/C26H24N3.HI/c1-4-29-16-8-11-21-19(9-7-13-25(21)29)14-15-20-17-23-22-10-5-6-12-24(22)28(3)26(23)18(2)27-20;/h5-17H,4H2,1-3H3;1H/q+1;/p-1. The van der Waals surface area contributed by atoms with Crippen molar-refractivity contribution in [2.45, 2.75) is 20.4 Å². The number of nitrogens with zero attached hydrogens (tertiary/aromatic N) is 3. The van der Waals surface area contributed by atoms with Gasteiger partial charge in [-0.25, -0.2) is 0 Å². The topological polar surface area (TPSA) is 21.7 Å². The fourth-order valence-corrected chi connectivity index (χ4v) is 4.44. The second-order valence-electron chi connectivity index (χ2n) is 7.51.